The zero-order chi connectivity index (χ0) is 6.69. The topological polar surface area (TPSA) is 0 Å². The molecule has 0 heterocycles. The molecule has 1 rings (SSSR count). The highest BCUT2D eigenvalue weighted by atomic mass is 35.5. The highest BCUT2D eigenvalue weighted by molar-refractivity contribution is 6.29. The summed E-state index contributed by atoms with van der Waals surface area (Å²) in [5, 5.41) is 0.945. The van der Waals surface area contributed by atoms with E-state index in [0.29, 0.717) is 0 Å². The van der Waals surface area contributed by atoms with Gasteiger partial charge in [0.1, 0.15) is 0 Å². The van der Waals surface area contributed by atoms with E-state index in [1.54, 1.807) is 0 Å². The average Bonchev–Trinajstić information content (AvgIpc) is 1.90. The molecule has 0 aliphatic heterocycles. The minimum atomic E-state index is 0.945. The van der Waals surface area contributed by atoms with Gasteiger partial charge in [0.15, 0.2) is 0 Å². The maximum atomic E-state index is 5.72. The fourth-order valence-electron chi connectivity index (χ4n) is 0.798. The lowest BCUT2D eigenvalue weighted by Gasteiger charge is -2.04. The van der Waals surface area contributed by atoms with Crippen LogP contribution in [-0.2, 0) is 0 Å². The summed E-state index contributed by atoms with van der Waals surface area (Å²) in [5.41, 5.74) is 1.28. The van der Waals surface area contributed by atoms with Crippen LogP contribution in [0.5, 0.6) is 0 Å². The Hall–Kier alpha value is -0.490. The molecule has 0 radical (unpaired) electrons. The Balaban J connectivity index is 2.69. The first-order valence-electron chi connectivity index (χ1n) is 3.00. The summed E-state index contributed by atoms with van der Waals surface area (Å²) in [6.45, 7) is 3.67. The first-order chi connectivity index (χ1) is 4.33. The van der Waals surface area contributed by atoms with Gasteiger partial charge in [-0.05, 0) is 24.5 Å². The minimum Gasteiger partial charge on any atom is -0.0988 e. The molecule has 1 aliphatic rings. The van der Waals surface area contributed by atoms with E-state index in [2.05, 4.69) is 6.58 Å². The summed E-state index contributed by atoms with van der Waals surface area (Å²) in [6, 6.07) is 0. The van der Waals surface area contributed by atoms with Crippen LogP contribution in [0.2, 0.25) is 0 Å². The molecule has 1 aliphatic carbocycles. The molecule has 48 valence electrons. The lowest BCUT2D eigenvalue weighted by Crippen LogP contribution is -1.84. The van der Waals surface area contributed by atoms with Gasteiger partial charge in [-0.25, -0.2) is 0 Å². The minimum absolute atomic E-state index is 0.945. The third-order valence-electron chi connectivity index (χ3n) is 1.39. The van der Waals surface area contributed by atoms with Crippen molar-refractivity contribution in [2.75, 3.05) is 0 Å². The van der Waals surface area contributed by atoms with Gasteiger partial charge in [0.25, 0.3) is 0 Å². The standard InChI is InChI=1S/C8H9Cl/c1-2-7-3-5-8(9)6-4-7/h2-3,5H,1,4,6H2. The molecule has 0 bridgehead atoms. The first kappa shape index (κ1) is 6.63. The molecule has 0 N–H and O–H groups in total. The van der Waals surface area contributed by atoms with Crippen molar-refractivity contribution < 1.29 is 0 Å². The van der Waals surface area contributed by atoms with Crippen LogP contribution in [0.25, 0.3) is 0 Å². The predicted octanol–water partition coefficient (Wildman–Crippen LogP) is 3.02. The first-order valence-corrected chi connectivity index (χ1v) is 3.38. The Kier molecular flexibility index (Phi) is 2.12. The van der Waals surface area contributed by atoms with Gasteiger partial charge in [0.05, 0.1) is 0 Å². The van der Waals surface area contributed by atoms with Crippen molar-refractivity contribution in [3.05, 3.63) is 35.4 Å². The molecule has 0 nitrogen and oxygen atoms in total. The lowest BCUT2D eigenvalue weighted by molar-refractivity contribution is 0.975. The van der Waals surface area contributed by atoms with Gasteiger partial charge in [0.2, 0.25) is 0 Å². The molecule has 0 amide bonds. The molecular weight excluding hydrogens is 132 g/mol. The Morgan fingerprint density at radius 2 is 2.22 bits per heavy atom. The average molecular weight is 141 g/mol. The van der Waals surface area contributed by atoms with Crippen LogP contribution < -0.4 is 0 Å². The van der Waals surface area contributed by atoms with Crippen LogP contribution in [-0.4, -0.2) is 0 Å². The normalized spacial score (nSPS) is 18.3. The maximum absolute atomic E-state index is 5.72. The molecule has 0 aromatic carbocycles. The Bertz CT molecular complexity index is 175. The number of hydrogen-bond acceptors (Lipinski definition) is 0. The van der Waals surface area contributed by atoms with Crippen molar-refractivity contribution in [2.45, 2.75) is 12.8 Å². The van der Waals surface area contributed by atoms with Gasteiger partial charge in [-0.1, -0.05) is 30.3 Å². The van der Waals surface area contributed by atoms with E-state index >= 15 is 0 Å². The van der Waals surface area contributed by atoms with E-state index in [-0.39, 0.29) is 0 Å². The summed E-state index contributed by atoms with van der Waals surface area (Å²) in [5.74, 6) is 0. The quantitative estimate of drug-likeness (QED) is 0.525. The molecule has 0 saturated heterocycles. The summed E-state index contributed by atoms with van der Waals surface area (Å²) < 4.78 is 0. The second-order valence-corrected chi connectivity index (χ2v) is 2.54. The molecule has 0 aromatic heterocycles. The molecule has 0 fully saturated rings. The maximum Gasteiger partial charge on any atom is 0.0184 e. The van der Waals surface area contributed by atoms with E-state index < -0.39 is 0 Å². The largest absolute Gasteiger partial charge is 0.0988 e. The van der Waals surface area contributed by atoms with E-state index in [1.165, 1.54) is 5.57 Å². The van der Waals surface area contributed by atoms with Crippen molar-refractivity contribution in [3.63, 3.8) is 0 Å². The van der Waals surface area contributed by atoms with Gasteiger partial charge in [0, 0.05) is 5.03 Å². The van der Waals surface area contributed by atoms with Gasteiger partial charge in [-0.2, -0.15) is 0 Å². The van der Waals surface area contributed by atoms with Gasteiger partial charge in [-0.15, -0.1) is 0 Å². The predicted molar refractivity (Wildman–Crippen MR) is 41.5 cm³/mol. The molecule has 0 aromatic rings. The number of halogens is 1. The van der Waals surface area contributed by atoms with Gasteiger partial charge in [-0.3, -0.25) is 0 Å². The Morgan fingerprint density at radius 1 is 1.44 bits per heavy atom. The number of allylic oxidation sites excluding steroid dienone is 5. The van der Waals surface area contributed by atoms with Crippen molar-refractivity contribution in [1.82, 2.24) is 0 Å². The summed E-state index contributed by atoms with van der Waals surface area (Å²) in [4.78, 5) is 0. The van der Waals surface area contributed by atoms with Gasteiger partial charge >= 0.3 is 0 Å². The van der Waals surface area contributed by atoms with Crippen LogP contribution in [0.3, 0.4) is 0 Å². The summed E-state index contributed by atoms with van der Waals surface area (Å²) in [7, 11) is 0. The second kappa shape index (κ2) is 2.88. The molecule has 0 spiro atoms. The van der Waals surface area contributed by atoms with Crippen LogP contribution in [0, 0.1) is 0 Å². The molecule has 1 heteroatoms. The lowest BCUT2D eigenvalue weighted by atomic mass is 10.1. The van der Waals surface area contributed by atoms with Crippen LogP contribution in [0.4, 0.5) is 0 Å². The smallest absolute Gasteiger partial charge is 0.0184 e. The monoisotopic (exact) mass is 140 g/mol. The van der Waals surface area contributed by atoms with Crippen LogP contribution in [0.1, 0.15) is 12.8 Å². The third kappa shape index (κ3) is 1.72. The third-order valence-corrected chi connectivity index (χ3v) is 1.71. The molecule has 0 atom stereocenters. The summed E-state index contributed by atoms with van der Waals surface area (Å²) >= 11 is 5.72. The molecular formula is C8H9Cl. The van der Waals surface area contributed by atoms with Crippen LogP contribution >= 0.6 is 11.6 Å². The van der Waals surface area contributed by atoms with E-state index in [0.717, 1.165) is 17.9 Å². The Labute approximate surface area is 60.5 Å². The summed E-state index contributed by atoms with van der Waals surface area (Å²) in [6.07, 6.45) is 7.83. The van der Waals surface area contributed by atoms with Crippen molar-refractivity contribution >= 4 is 11.6 Å². The highest BCUT2D eigenvalue weighted by Gasteiger charge is 1.99. The molecule has 0 unspecified atom stereocenters. The SMILES string of the molecule is C=CC1=CC=C(Cl)CC1. The second-order valence-electron chi connectivity index (χ2n) is 2.06. The zero-order valence-electron chi connectivity index (χ0n) is 5.23. The van der Waals surface area contributed by atoms with Crippen molar-refractivity contribution in [3.8, 4) is 0 Å². The van der Waals surface area contributed by atoms with Gasteiger partial charge < -0.3 is 0 Å². The number of rotatable bonds is 1. The highest BCUT2D eigenvalue weighted by Crippen LogP contribution is 2.20. The Morgan fingerprint density at radius 3 is 2.67 bits per heavy atom. The number of hydrogen-bond donors (Lipinski definition) is 0. The fraction of sp³-hybridized carbons (Fsp3) is 0.250. The fourth-order valence-corrected chi connectivity index (χ4v) is 0.955. The molecule has 0 saturated carbocycles. The van der Waals surface area contributed by atoms with E-state index in [9.17, 15) is 0 Å². The zero-order valence-corrected chi connectivity index (χ0v) is 5.99. The van der Waals surface area contributed by atoms with Crippen molar-refractivity contribution in [2.24, 2.45) is 0 Å². The van der Waals surface area contributed by atoms with Crippen LogP contribution in [0.15, 0.2) is 35.4 Å². The molecule has 9 heavy (non-hydrogen) atoms. The van der Waals surface area contributed by atoms with Crippen molar-refractivity contribution in [1.29, 1.82) is 0 Å². The van der Waals surface area contributed by atoms with E-state index in [4.69, 9.17) is 11.6 Å². The van der Waals surface area contributed by atoms with E-state index in [1.807, 2.05) is 18.2 Å².